The van der Waals surface area contributed by atoms with E-state index >= 15 is 0 Å². The summed E-state index contributed by atoms with van der Waals surface area (Å²) in [6, 6.07) is 9.22. The lowest BCUT2D eigenvalue weighted by Gasteiger charge is -2.33. The van der Waals surface area contributed by atoms with Gasteiger partial charge in [0.1, 0.15) is 5.54 Å². The third kappa shape index (κ3) is 3.81. The summed E-state index contributed by atoms with van der Waals surface area (Å²) in [6.07, 6.45) is 2.99. The van der Waals surface area contributed by atoms with Gasteiger partial charge in [0, 0.05) is 5.39 Å². The number of amides is 4. The zero-order valence-electron chi connectivity index (χ0n) is 16.5. The second-order valence-electron chi connectivity index (χ2n) is 7.95. The molecule has 2 heterocycles. The zero-order chi connectivity index (χ0) is 20.6. The molecule has 1 aliphatic carbocycles. The number of nitrogens with one attached hydrogen (secondary N) is 2. The van der Waals surface area contributed by atoms with Crippen LogP contribution in [0.4, 0.5) is 4.79 Å². The minimum Gasteiger partial charge on any atom is -0.322 e. The van der Waals surface area contributed by atoms with Crippen LogP contribution in [0.3, 0.4) is 0 Å². The smallest absolute Gasteiger partial charge is 0.322 e. The SMILES string of the molecule is Cc1cc(SCC(=O)NN2C(=O)NC3(CCC(C)CC3)C2=O)nc2ccccc12. The lowest BCUT2D eigenvalue weighted by atomic mass is 9.77. The maximum absolute atomic E-state index is 12.8. The Kier molecular flexibility index (Phi) is 5.21. The van der Waals surface area contributed by atoms with Crippen molar-refractivity contribution >= 4 is 40.5 Å². The van der Waals surface area contributed by atoms with Crippen LogP contribution in [0.1, 0.15) is 38.2 Å². The molecule has 1 spiro atoms. The first kappa shape index (κ1) is 19.7. The van der Waals surface area contributed by atoms with Crippen molar-refractivity contribution in [1.29, 1.82) is 0 Å². The predicted octanol–water partition coefficient (Wildman–Crippen LogP) is 3.17. The quantitative estimate of drug-likeness (QED) is 0.595. The minimum absolute atomic E-state index is 0.0614. The van der Waals surface area contributed by atoms with Gasteiger partial charge in [-0.3, -0.25) is 15.0 Å². The van der Waals surface area contributed by atoms with Crippen LogP contribution in [0, 0.1) is 12.8 Å². The number of aryl methyl sites for hydroxylation is 1. The van der Waals surface area contributed by atoms with E-state index in [4.69, 9.17) is 0 Å². The number of carbonyl (C=O) groups excluding carboxylic acids is 3. The van der Waals surface area contributed by atoms with E-state index in [1.807, 2.05) is 37.3 Å². The maximum atomic E-state index is 12.8. The maximum Gasteiger partial charge on any atom is 0.344 e. The van der Waals surface area contributed by atoms with Crippen LogP contribution in [0.2, 0.25) is 0 Å². The average molecular weight is 413 g/mol. The first-order valence-corrected chi connectivity index (χ1v) is 10.8. The Morgan fingerprint density at radius 1 is 1.31 bits per heavy atom. The fourth-order valence-electron chi connectivity index (χ4n) is 4.00. The van der Waals surface area contributed by atoms with E-state index in [-0.39, 0.29) is 11.7 Å². The van der Waals surface area contributed by atoms with E-state index in [2.05, 4.69) is 22.7 Å². The van der Waals surface area contributed by atoms with Crippen molar-refractivity contribution in [3.05, 3.63) is 35.9 Å². The number of urea groups is 1. The van der Waals surface area contributed by atoms with Gasteiger partial charge in [-0.1, -0.05) is 36.9 Å². The van der Waals surface area contributed by atoms with Gasteiger partial charge in [-0.25, -0.2) is 9.78 Å². The molecule has 1 saturated carbocycles. The molecule has 8 heteroatoms. The van der Waals surface area contributed by atoms with Crippen LogP contribution in [0.25, 0.3) is 10.9 Å². The van der Waals surface area contributed by atoms with Crippen LogP contribution in [-0.2, 0) is 9.59 Å². The predicted molar refractivity (Wildman–Crippen MR) is 111 cm³/mol. The largest absolute Gasteiger partial charge is 0.344 e. The van der Waals surface area contributed by atoms with Gasteiger partial charge >= 0.3 is 6.03 Å². The van der Waals surface area contributed by atoms with Crippen LogP contribution in [0.5, 0.6) is 0 Å². The van der Waals surface area contributed by atoms with Crippen molar-refractivity contribution in [3.8, 4) is 0 Å². The molecule has 4 amide bonds. The van der Waals surface area contributed by atoms with Crippen LogP contribution in [0.15, 0.2) is 35.4 Å². The zero-order valence-corrected chi connectivity index (χ0v) is 17.3. The third-order valence-corrected chi connectivity index (χ3v) is 6.69. The number of hydrogen-bond donors (Lipinski definition) is 2. The van der Waals surface area contributed by atoms with Crippen LogP contribution < -0.4 is 10.7 Å². The van der Waals surface area contributed by atoms with Crippen LogP contribution in [-0.4, -0.2) is 39.1 Å². The second kappa shape index (κ2) is 7.67. The van der Waals surface area contributed by atoms with Gasteiger partial charge in [-0.2, -0.15) is 5.01 Å². The molecule has 4 rings (SSSR count). The summed E-state index contributed by atoms with van der Waals surface area (Å²) >= 11 is 1.28. The van der Waals surface area contributed by atoms with Crippen molar-refractivity contribution in [2.45, 2.75) is 50.1 Å². The summed E-state index contributed by atoms with van der Waals surface area (Å²) in [5.41, 5.74) is 3.56. The number of rotatable bonds is 4. The lowest BCUT2D eigenvalue weighted by molar-refractivity contribution is -0.139. The normalized spacial score (nSPS) is 24.2. The summed E-state index contributed by atoms with van der Waals surface area (Å²) in [4.78, 5) is 42.1. The van der Waals surface area contributed by atoms with Gasteiger partial charge in [-0.05, 0) is 56.2 Å². The highest BCUT2D eigenvalue weighted by Gasteiger charge is 2.52. The molecule has 1 aromatic heterocycles. The Labute approximate surface area is 173 Å². The number of hydrazine groups is 1. The molecule has 2 fully saturated rings. The molecule has 2 N–H and O–H groups in total. The average Bonchev–Trinajstić information content (AvgIpc) is 2.93. The molecule has 0 atom stereocenters. The molecule has 0 radical (unpaired) electrons. The van der Waals surface area contributed by atoms with E-state index in [0.717, 1.165) is 39.3 Å². The monoisotopic (exact) mass is 412 g/mol. The Balaban J connectivity index is 1.39. The molecule has 29 heavy (non-hydrogen) atoms. The van der Waals surface area contributed by atoms with E-state index in [1.54, 1.807) is 0 Å². The second-order valence-corrected chi connectivity index (χ2v) is 8.95. The molecule has 1 aliphatic heterocycles. The fourth-order valence-corrected chi connectivity index (χ4v) is 4.77. The minimum atomic E-state index is -0.860. The third-order valence-electron chi connectivity index (χ3n) is 5.78. The van der Waals surface area contributed by atoms with Crippen molar-refractivity contribution in [2.24, 2.45) is 5.92 Å². The van der Waals surface area contributed by atoms with Gasteiger partial charge < -0.3 is 5.32 Å². The molecule has 0 bridgehead atoms. The van der Waals surface area contributed by atoms with E-state index in [1.165, 1.54) is 11.8 Å². The molecule has 1 saturated heterocycles. The standard InChI is InChI=1S/C21H24N4O3S/c1-13-7-9-21(10-8-13)19(27)25(20(28)23-21)24-17(26)12-29-18-11-14(2)15-5-3-4-6-16(15)22-18/h3-6,11,13H,7-10,12H2,1-2H3,(H,23,28)(H,24,26). The number of aromatic nitrogens is 1. The Bertz CT molecular complexity index is 985. The molecule has 1 aromatic carbocycles. The van der Waals surface area contributed by atoms with Gasteiger partial charge in [0.05, 0.1) is 16.3 Å². The van der Waals surface area contributed by atoms with Crippen molar-refractivity contribution in [2.75, 3.05) is 5.75 Å². The highest BCUT2D eigenvalue weighted by Crippen LogP contribution is 2.35. The number of thioether (sulfide) groups is 1. The van der Waals surface area contributed by atoms with E-state index < -0.39 is 17.5 Å². The van der Waals surface area contributed by atoms with Gasteiger partial charge in [0.15, 0.2) is 0 Å². The molecule has 0 unspecified atom stereocenters. The Morgan fingerprint density at radius 2 is 2.03 bits per heavy atom. The summed E-state index contributed by atoms with van der Waals surface area (Å²) < 4.78 is 0. The Morgan fingerprint density at radius 3 is 2.79 bits per heavy atom. The highest BCUT2D eigenvalue weighted by molar-refractivity contribution is 7.99. The number of benzene rings is 1. The molecular weight excluding hydrogens is 388 g/mol. The van der Waals surface area contributed by atoms with Gasteiger partial charge in [-0.15, -0.1) is 0 Å². The summed E-state index contributed by atoms with van der Waals surface area (Å²) in [6.45, 7) is 4.15. The molecule has 152 valence electrons. The molecule has 7 nitrogen and oxygen atoms in total. The summed E-state index contributed by atoms with van der Waals surface area (Å²) in [7, 11) is 0. The highest BCUT2D eigenvalue weighted by atomic mass is 32.2. The van der Waals surface area contributed by atoms with Crippen LogP contribution >= 0.6 is 11.8 Å². The first-order chi connectivity index (χ1) is 13.9. The number of imide groups is 1. The van der Waals surface area contributed by atoms with Crippen molar-refractivity contribution in [3.63, 3.8) is 0 Å². The fraction of sp³-hybridized carbons (Fsp3) is 0.429. The summed E-state index contributed by atoms with van der Waals surface area (Å²) in [5.74, 6) is -0.158. The first-order valence-electron chi connectivity index (χ1n) is 9.83. The number of pyridine rings is 1. The molecule has 2 aromatic rings. The number of fused-ring (bicyclic) bond motifs is 1. The van der Waals surface area contributed by atoms with Gasteiger partial charge in [0.25, 0.3) is 5.91 Å². The van der Waals surface area contributed by atoms with Crippen molar-refractivity contribution in [1.82, 2.24) is 20.7 Å². The molecular formula is C21H24N4O3S. The van der Waals surface area contributed by atoms with Gasteiger partial charge in [0.2, 0.25) is 5.91 Å². The number of hydrogen-bond acceptors (Lipinski definition) is 5. The van der Waals surface area contributed by atoms with E-state index in [0.29, 0.717) is 18.8 Å². The summed E-state index contributed by atoms with van der Waals surface area (Å²) in [5, 5.41) is 5.45. The van der Waals surface area contributed by atoms with Crippen molar-refractivity contribution < 1.29 is 14.4 Å². The lowest BCUT2D eigenvalue weighted by Crippen LogP contribution is -2.51. The molecule has 2 aliphatic rings. The topological polar surface area (TPSA) is 91.4 Å². The Hall–Kier alpha value is -2.61. The number of nitrogens with zero attached hydrogens (tertiary/aromatic N) is 2. The van der Waals surface area contributed by atoms with E-state index in [9.17, 15) is 14.4 Å². The number of carbonyl (C=O) groups is 3. The number of para-hydroxylation sites is 1.